The second-order valence-corrected chi connectivity index (χ2v) is 6.95. The minimum atomic E-state index is -0.885. The zero-order chi connectivity index (χ0) is 19.9. The van der Waals surface area contributed by atoms with Crippen LogP contribution in [0.2, 0.25) is 15.1 Å². The van der Waals surface area contributed by atoms with E-state index < -0.39 is 17.8 Å². The number of halogens is 3. The highest BCUT2D eigenvalue weighted by Crippen LogP contribution is 2.34. The zero-order valence-electron chi connectivity index (χ0n) is 13.7. The van der Waals surface area contributed by atoms with Crippen molar-refractivity contribution in [3.05, 3.63) is 62.1 Å². The maximum absolute atomic E-state index is 12.8. The lowest BCUT2D eigenvalue weighted by atomic mass is 10.1. The molecule has 1 fully saturated rings. The van der Waals surface area contributed by atoms with E-state index in [1.807, 2.05) is 0 Å². The molecule has 6 nitrogen and oxygen atoms in total. The second kappa shape index (κ2) is 7.23. The van der Waals surface area contributed by atoms with E-state index in [0.717, 1.165) is 10.5 Å². The number of aromatic hydroxyl groups is 1. The van der Waals surface area contributed by atoms with Crippen LogP contribution in [-0.2, 0) is 9.59 Å². The number of phenols is 1. The molecule has 0 unspecified atom stereocenters. The van der Waals surface area contributed by atoms with Crippen molar-refractivity contribution >= 4 is 64.4 Å². The third-order valence-corrected chi connectivity index (χ3v) is 4.85. The SMILES string of the molecule is Cc1ccc(N2C(=O)NC(=O)/C(=C\c3cc(Cl)c(O)c(Cl)c3)C2=O)cc1Cl. The molecular formula is C18H11Cl3N2O4. The Bertz CT molecular complexity index is 1010. The summed E-state index contributed by atoms with van der Waals surface area (Å²) in [6.45, 7) is 1.78. The lowest BCUT2D eigenvalue weighted by molar-refractivity contribution is -0.122. The molecule has 0 aromatic heterocycles. The summed E-state index contributed by atoms with van der Waals surface area (Å²) in [6.07, 6.45) is 1.23. The molecule has 4 amide bonds. The molecule has 2 aromatic carbocycles. The van der Waals surface area contributed by atoms with Crippen LogP contribution in [0.5, 0.6) is 5.75 Å². The number of nitrogens with zero attached hydrogens (tertiary/aromatic N) is 1. The number of carbonyl (C=O) groups is 3. The van der Waals surface area contributed by atoms with E-state index in [-0.39, 0.29) is 27.1 Å². The molecule has 2 N–H and O–H groups in total. The van der Waals surface area contributed by atoms with Crippen LogP contribution in [0.25, 0.3) is 6.08 Å². The van der Waals surface area contributed by atoms with E-state index >= 15 is 0 Å². The highest BCUT2D eigenvalue weighted by molar-refractivity contribution is 6.40. The van der Waals surface area contributed by atoms with Crippen molar-refractivity contribution in [2.24, 2.45) is 0 Å². The number of nitrogens with one attached hydrogen (secondary N) is 1. The molecule has 0 atom stereocenters. The van der Waals surface area contributed by atoms with E-state index in [9.17, 15) is 19.5 Å². The lowest BCUT2D eigenvalue weighted by Crippen LogP contribution is -2.54. The molecule has 0 aliphatic carbocycles. The Kier molecular flexibility index (Phi) is 5.15. The van der Waals surface area contributed by atoms with Crippen LogP contribution in [0.3, 0.4) is 0 Å². The lowest BCUT2D eigenvalue weighted by Gasteiger charge is -2.26. The number of hydrogen-bond donors (Lipinski definition) is 2. The van der Waals surface area contributed by atoms with Gasteiger partial charge in [-0.05, 0) is 48.4 Å². The minimum Gasteiger partial charge on any atom is -0.505 e. The van der Waals surface area contributed by atoms with E-state index in [2.05, 4.69) is 5.32 Å². The van der Waals surface area contributed by atoms with Crippen LogP contribution in [-0.4, -0.2) is 23.0 Å². The Balaban J connectivity index is 2.06. The van der Waals surface area contributed by atoms with Gasteiger partial charge in [-0.3, -0.25) is 14.9 Å². The molecule has 1 aliphatic rings. The summed E-state index contributed by atoms with van der Waals surface area (Å²) in [5, 5.41) is 12.0. The highest BCUT2D eigenvalue weighted by Gasteiger charge is 2.37. The normalized spacial score (nSPS) is 16.1. The number of carbonyl (C=O) groups excluding carboxylic acids is 3. The summed E-state index contributed by atoms with van der Waals surface area (Å²) in [5.74, 6) is -2.00. The first kappa shape index (κ1) is 19.2. The van der Waals surface area contributed by atoms with Gasteiger partial charge >= 0.3 is 6.03 Å². The number of benzene rings is 2. The third-order valence-electron chi connectivity index (χ3n) is 3.87. The van der Waals surface area contributed by atoms with Gasteiger partial charge in [0.1, 0.15) is 5.57 Å². The van der Waals surface area contributed by atoms with Gasteiger partial charge in [-0.15, -0.1) is 0 Å². The maximum atomic E-state index is 12.8. The standard InChI is InChI=1S/C18H11Cl3N2O4/c1-8-2-3-10(7-12(8)19)23-17(26)11(16(25)22-18(23)27)4-9-5-13(20)15(24)14(21)6-9/h2-7,24H,1H3,(H,22,25,27)/b11-4+. The smallest absolute Gasteiger partial charge is 0.335 e. The summed E-state index contributed by atoms with van der Waals surface area (Å²) in [7, 11) is 0. The predicted molar refractivity (Wildman–Crippen MR) is 103 cm³/mol. The molecule has 138 valence electrons. The first-order valence-electron chi connectivity index (χ1n) is 7.54. The molecule has 0 radical (unpaired) electrons. The van der Waals surface area contributed by atoms with Gasteiger partial charge in [-0.2, -0.15) is 0 Å². The van der Waals surface area contributed by atoms with Gasteiger partial charge in [-0.1, -0.05) is 40.9 Å². The maximum Gasteiger partial charge on any atom is 0.335 e. The van der Waals surface area contributed by atoms with Crippen molar-refractivity contribution in [3.63, 3.8) is 0 Å². The van der Waals surface area contributed by atoms with Crippen molar-refractivity contribution < 1.29 is 19.5 Å². The van der Waals surface area contributed by atoms with Crippen LogP contribution < -0.4 is 10.2 Å². The average molecular weight is 426 g/mol. The molecule has 9 heteroatoms. The summed E-state index contributed by atoms with van der Waals surface area (Å²) in [6, 6.07) is 6.43. The summed E-state index contributed by atoms with van der Waals surface area (Å²) in [4.78, 5) is 38.0. The van der Waals surface area contributed by atoms with Crippen molar-refractivity contribution in [1.29, 1.82) is 0 Å². The molecule has 0 bridgehead atoms. The molecule has 1 aliphatic heterocycles. The van der Waals surface area contributed by atoms with E-state index in [0.29, 0.717) is 10.6 Å². The van der Waals surface area contributed by atoms with E-state index in [1.165, 1.54) is 24.3 Å². The molecule has 3 rings (SSSR count). The summed E-state index contributed by atoms with van der Waals surface area (Å²) >= 11 is 17.8. The number of barbiturate groups is 1. The Hall–Kier alpha value is -2.54. The Morgan fingerprint density at radius 2 is 1.63 bits per heavy atom. The quantitative estimate of drug-likeness (QED) is 0.554. The number of aryl methyl sites for hydroxylation is 1. The fourth-order valence-electron chi connectivity index (χ4n) is 2.45. The van der Waals surface area contributed by atoms with Gasteiger partial charge < -0.3 is 5.11 Å². The van der Waals surface area contributed by atoms with Gasteiger partial charge in [0.05, 0.1) is 15.7 Å². The predicted octanol–water partition coefficient (Wildman–Crippen LogP) is 4.33. The van der Waals surface area contributed by atoms with Crippen molar-refractivity contribution in [3.8, 4) is 5.75 Å². The van der Waals surface area contributed by atoms with Gasteiger partial charge in [0, 0.05) is 5.02 Å². The molecule has 27 heavy (non-hydrogen) atoms. The fourth-order valence-corrected chi connectivity index (χ4v) is 3.13. The Morgan fingerprint density at radius 3 is 2.22 bits per heavy atom. The van der Waals surface area contributed by atoms with E-state index in [1.54, 1.807) is 19.1 Å². The number of hydrogen-bond acceptors (Lipinski definition) is 4. The number of amides is 4. The number of phenolic OH excluding ortho intramolecular Hbond substituents is 1. The van der Waals surface area contributed by atoms with Crippen LogP contribution in [0, 0.1) is 6.92 Å². The summed E-state index contributed by atoms with van der Waals surface area (Å²) < 4.78 is 0. The van der Waals surface area contributed by atoms with Crippen LogP contribution >= 0.6 is 34.8 Å². The van der Waals surface area contributed by atoms with Crippen molar-refractivity contribution in [2.75, 3.05) is 4.90 Å². The molecule has 1 heterocycles. The van der Waals surface area contributed by atoms with Gasteiger partial charge in [0.2, 0.25) is 0 Å². The monoisotopic (exact) mass is 424 g/mol. The topological polar surface area (TPSA) is 86.7 Å². The molecular weight excluding hydrogens is 415 g/mol. The van der Waals surface area contributed by atoms with Crippen LogP contribution in [0.1, 0.15) is 11.1 Å². The number of anilines is 1. The zero-order valence-corrected chi connectivity index (χ0v) is 16.0. The average Bonchev–Trinajstić information content (AvgIpc) is 2.59. The number of rotatable bonds is 2. The van der Waals surface area contributed by atoms with Gasteiger partial charge in [0.25, 0.3) is 11.8 Å². The fraction of sp³-hybridized carbons (Fsp3) is 0.0556. The Labute approximate surface area is 168 Å². The van der Waals surface area contributed by atoms with Crippen molar-refractivity contribution in [2.45, 2.75) is 6.92 Å². The molecule has 0 spiro atoms. The molecule has 1 saturated heterocycles. The second-order valence-electron chi connectivity index (χ2n) is 5.72. The largest absolute Gasteiger partial charge is 0.505 e. The minimum absolute atomic E-state index is 0.0451. The van der Waals surface area contributed by atoms with Gasteiger partial charge in [0.15, 0.2) is 5.75 Å². The first-order chi connectivity index (χ1) is 12.7. The third kappa shape index (κ3) is 3.64. The van der Waals surface area contributed by atoms with E-state index in [4.69, 9.17) is 34.8 Å². The van der Waals surface area contributed by atoms with Crippen LogP contribution in [0.15, 0.2) is 35.9 Å². The Morgan fingerprint density at radius 1 is 1.00 bits per heavy atom. The molecule has 2 aromatic rings. The molecule has 0 saturated carbocycles. The van der Waals surface area contributed by atoms with Crippen molar-refractivity contribution in [1.82, 2.24) is 5.32 Å². The number of imide groups is 2. The first-order valence-corrected chi connectivity index (χ1v) is 8.68. The summed E-state index contributed by atoms with van der Waals surface area (Å²) in [5.41, 5.74) is 0.987. The number of urea groups is 1. The highest BCUT2D eigenvalue weighted by atomic mass is 35.5. The van der Waals surface area contributed by atoms with Crippen LogP contribution in [0.4, 0.5) is 10.5 Å². The van der Waals surface area contributed by atoms with Gasteiger partial charge in [-0.25, -0.2) is 9.69 Å².